The summed E-state index contributed by atoms with van der Waals surface area (Å²) in [6, 6.07) is 10.4. The molecule has 0 saturated heterocycles. The summed E-state index contributed by atoms with van der Waals surface area (Å²) < 4.78 is 27.3. The van der Waals surface area contributed by atoms with Crippen molar-refractivity contribution < 1.29 is 8.42 Å². The van der Waals surface area contributed by atoms with Gasteiger partial charge in [0.2, 0.25) is 0 Å². The summed E-state index contributed by atoms with van der Waals surface area (Å²) in [6.07, 6.45) is 10.1. The minimum absolute atomic E-state index is 0.0267. The molecular formula is C23H24N6O2S. The summed E-state index contributed by atoms with van der Waals surface area (Å²) in [4.78, 5) is 11.9. The van der Waals surface area contributed by atoms with Gasteiger partial charge in [-0.05, 0) is 37.5 Å². The van der Waals surface area contributed by atoms with E-state index in [-0.39, 0.29) is 22.3 Å². The van der Waals surface area contributed by atoms with Crippen LogP contribution in [0.2, 0.25) is 0 Å². The quantitative estimate of drug-likeness (QED) is 0.382. The van der Waals surface area contributed by atoms with Gasteiger partial charge in [-0.15, -0.1) is 0 Å². The van der Waals surface area contributed by atoms with Crippen LogP contribution in [0.25, 0.3) is 22.3 Å². The molecule has 164 valence electrons. The maximum absolute atomic E-state index is 12.7. The van der Waals surface area contributed by atoms with Crippen molar-refractivity contribution >= 4 is 20.9 Å². The van der Waals surface area contributed by atoms with Crippen LogP contribution in [0.4, 0.5) is 0 Å². The second kappa shape index (κ2) is 9.32. The fourth-order valence-electron chi connectivity index (χ4n) is 3.90. The number of hydrogen-bond acceptors (Lipinski definition) is 6. The standard InChI is InChI=1S/C23H24N6O2S/c1-2-19(8-5-6-12-32(30,31)21-9-4-3-7-17(21)13-24)29-15-18(14-28-29)22-20-10-11-25-23(20)27-16-26-22/h3-4,7,9-11,14-16,19H,2,5-6,8,12H2,1H3,(H,25,26,27). The molecular weight excluding hydrogens is 424 g/mol. The van der Waals surface area contributed by atoms with Crippen LogP contribution >= 0.6 is 0 Å². The highest BCUT2D eigenvalue weighted by Crippen LogP contribution is 2.27. The number of unbranched alkanes of at least 4 members (excludes halogenated alkanes) is 1. The van der Waals surface area contributed by atoms with E-state index in [0.29, 0.717) is 6.42 Å². The van der Waals surface area contributed by atoms with Crippen molar-refractivity contribution in [2.24, 2.45) is 0 Å². The van der Waals surface area contributed by atoms with E-state index in [9.17, 15) is 13.7 Å². The molecule has 1 N–H and O–H groups in total. The Morgan fingerprint density at radius 1 is 1.19 bits per heavy atom. The Labute approximate surface area is 186 Å². The minimum atomic E-state index is -3.48. The third-order valence-corrected chi connectivity index (χ3v) is 7.47. The smallest absolute Gasteiger partial charge is 0.179 e. The van der Waals surface area contributed by atoms with Gasteiger partial charge < -0.3 is 4.98 Å². The number of benzene rings is 1. The fraction of sp³-hybridized carbons (Fsp3) is 0.304. The second-order valence-corrected chi connectivity index (χ2v) is 9.73. The molecule has 32 heavy (non-hydrogen) atoms. The zero-order valence-corrected chi connectivity index (χ0v) is 18.6. The molecule has 8 nitrogen and oxygen atoms in total. The van der Waals surface area contributed by atoms with Crippen LogP contribution in [0.1, 0.15) is 44.2 Å². The van der Waals surface area contributed by atoms with Gasteiger partial charge in [-0.2, -0.15) is 10.4 Å². The molecule has 0 amide bonds. The second-order valence-electron chi connectivity index (χ2n) is 7.66. The van der Waals surface area contributed by atoms with Crippen molar-refractivity contribution in [1.29, 1.82) is 5.26 Å². The van der Waals surface area contributed by atoms with Crippen LogP contribution in [-0.4, -0.2) is 38.9 Å². The van der Waals surface area contributed by atoms with Gasteiger partial charge in [0.1, 0.15) is 18.0 Å². The number of aromatic amines is 1. The van der Waals surface area contributed by atoms with Crippen LogP contribution in [0, 0.1) is 11.3 Å². The molecule has 0 radical (unpaired) electrons. The van der Waals surface area contributed by atoms with Gasteiger partial charge in [-0.1, -0.05) is 25.5 Å². The Hall–Kier alpha value is -3.51. The van der Waals surface area contributed by atoms with Crippen molar-refractivity contribution in [3.05, 3.63) is 60.8 Å². The molecule has 4 rings (SSSR count). The lowest BCUT2D eigenvalue weighted by Crippen LogP contribution is -2.11. The Balaban J connectivity index is 1.40. The number of nitrogens with zero attached hydrogens (tertiary/aromatic N) is 5. The van der Waals surface area contributed by atoms with E-state index in [4.69, 9.17) is 0 Å². The van der Waals surface area contributed by atoms with Crippen LogP contribution in [0.15, 0.2) is 60.1 Å². The topological polar surface area (TPSA) is 117 Å². The van der Waals surface area contributed by atoms with Gasteiger partial charge in [0, 0.05) is 23.3 Å². The third kappa shape index (κ3) is 4.41. The summed E-state index contributed by atoms with van der Waals surface area (Å²) in [6.45, 7) is 2.10. The van der Waals surface area contributed by atoms with Gasteiger partial charge in [-0.3, -0.25) is 4.68 Å². The van der Waals surface area contributed by atoms with Gasteiger partial charge in [0.15, 0.2) is 9.84 Å². The highest BCUT2D eigenvalue weighted by atomic mass is 32.2. The normalized spacial score (nSPS) is 12.6. The van der Waals surface area contributed by atoms with E-state index in [1.165, 1.54) is 18.5 Å². The molecule has 0 saturated carbocycles. The van der Waals surface area contributed by atoms with E-state index in [2.05, 4.69) is 27.0 Å². The number of aromatic nitrogens is 5. The predicted molar refractivity (Wildman–Crippen MR) is 121 cm³/mol. The first kappa shape index (κ1) is 21.7. The van der Waals surface area contributed by atoms with Crippen LogP contribution in [0.5, 0.6) is 0 Å². The van der Waals surface area contributed by atoms with Crippen LogP contribution < -0.4 is 0 Å². The minimum Gasteiger partial charge on any atom is -0.346 e. The first-order chi connectivity index (χ1) is 15.5. The van der Waals surface area contributed by atoms with Crippen LogP contribution in [-0.2, 0) is 9.84 Å². The van der Waals surface area contributed by atoms with Crippen molar-refractivity contribution in [3.63, 3.8) is 0 Å². The van der Waals surface area contributed by atoms with Crippen molar-refractivity contribution in [3.8, 4) is 17.3 Å². The summed E-state index contributed by atoms with van der Waals surface area (Å²) in [7, 11) is -3.48. The molecule has 0 aliphatic heterocycles. The Morgan fingerprint density at radius 2 is 2.03 bits per heavy atom. The summed E-state index contributed by atoms with van der Waals surface area (Å²) in [5.41, 5.74) is 2.74. The molecule has 1 atom stereocenters. The van der Waals surface area contributed by atoms with E-state index in [1.54, 1.807) is 18.3 Å². The molecule has 0 spiro atoms. The molecule has 0 aliphatic rings. The number of nitrogens with one attached hydrogen (secondary N) is 1. The Kier molecular flexibility index (Phi) is 6.32. The number of fused-ring (bicyclic) bond motifs is 1. The average Bonchev–Trinajstić information content (AvgIpc) is 3.49. The zero-order valence-electron chi connectivity index (χ0n) is 17.8. The largest absolute Gasteiger partial charge is 0.346 e. The van der Waals surface area contributed by atoms with E-state index in [0.717, 1.165) is 41.6 Å². The van der Waals surface area contributed by atoms with E-state index < -0.39 is 9.84 Å². The van der Waals surface area contributed by atoms with Gasteiger partial charge in [-0.25, -0.2) is 18.4 Å². The number of nitriles is 1. The van der Waals surface area contributed by atoms with Gasteiger partial charge in [0.25, 0.3) is 0 Å². The first-order valence-corrected chi connectivity index (χ1v) is 12.2. The monoisotopic (exact) mass is 448 g/mol. The van der Waals surface area contributed by atoms with Crippen molar-refractivity contribution in [1.82, 2.24) is 24.7 Å². The van der Waals surface area contributed by atoms with Gasteiger partial charge in [0.05, 0.1) is 34.1 Å². The zero-order chi connectivity index (χ0) is 22.6. The molecule has 9 heteroatoms. The molecule has 1 aromatic carbocycles. The maximum Gasteiger partial charge on any atom is 0.179 e. The third-order valence-electron chi connectivity index (χ3n) is 5.62. The summed E-state index contributed by atoms with van der Waals surface area (Å²) in [5, 5.41) is 14.7. The van der Waals surface area contributed by atoms with Crippen molar-refractivity contribution in [2.75, 3.05) is 5.75 Å². The fourth-order valence-corrected chi connectivity index (χ4v) is 5.44. The lowest BCUT2D eigenvalue weighted by molar-refractivity contribution is 0.400. The first-order valence-electron chi connectivity index (χ1n) is 10.6. The SMILES string of the molecule is CCC(CCCCS(=O)(=O)c1ccccc1C#N)n1cc(-c2ncnc3[nH]ccc23)cn1. The Morgan fingerprint density at radius 3 is 2.84 bits per heavy atom. The number of hydrogen-bond donors (Lipinski definition) is 1. The Bertz CT molecular complexity index is 1370. The molecule has 3 heterocycles. The average molecular weight is 449 g/mol. The van der Waals surface area contributed by atoms with Crippen molar-refractivity contribution in [2.45, 2.75) is 43.5 Å². The molecule has 0 aliphatic carbocycles. The predicted octanol–water partition coefficient (Wildman–Crippen LogP) is 4.29. The van der Waals surface area contributed by atoms with Gasteiger partial charge >= 0.3 is 0 Å². The van der Waals surface area contributed by atoms with Crippen LogP contribution in [0.3, 0.4) is 0 Å². The van der Waals surface area contributed by atoms with E-state index >= 15 is 0 Å². The summed E-state index contributed by atoms with van der Waals surface area (Å²) in [5.74, 6) is 0.0267. The molecule has 0 bridgehead atoms. The molecule has 0 fully saturated rings. The molecule has 4 aromatic rings. The number of rotatable bonds is 9. The lowest BCUT2D eigenvalue weighted by atomic mass is 10.1. The highest BCUT2D eigenvalue weighted by Gasteiger charge is 2.19. The molecule has 1 unspecified atom stereocenters. The maximum atomic E-state index is 12.7. The number of H-pyrrole nitrogens is 1. The molecule has 3 aromatic heterocycles. The lowest BCUT2D eigenvalue weighted by Gasteiger charge is -2.15. The number of sulfone groups is 1. The summed E-state index contributed by atoms with van der Waals surface area (Å²) >= 11 is 0. The highest BCUT2D eigenvalue weighted by molar-refractivity contribution is 7.91. The van der Waals surface area contributed by atoms with E-state index in [1.807, 2.05) is 29.2 Å².